The van der Waals surface area contributed by atoms with Gasteiger partial charge in [-0.15, -0.1) is 0 Å². The summed E-state index contributed by atoms with van der Waals surface area (Å²) >= 11 is 0. The van der Waals surface area contributed by atoms with Gasteiger partial charge in [-0.3, -0.25) is 0 Å². The van der Waals surface area contributed by atoms with Crippen molar-refractivity contribution < 1.29 is 0 Å². The maximum Gasteiger partial charge on any atom is -0.0277 e. The summed E-state index contributed by atoms with van der Waals surface area (Å²) in [6, 6.07) is 0. The van der Waals surface area contributed by atoms with Crippen molar-refractivity contribution in [2.75, 3.05) is 0 Å². The molecule has 0 bridgehead atoms. The second-order valence-corrected chi connectivity index (χ2v) is 7.85. The Kier molecular flexibility index (Phi) is 6.74. The third-order valence-corrected chi connectivity index (χ3v) is 5.52. The van der Waals surface area contributed by atoms with Crippen LogP contribution in [-0.4, -0.2) is 0 Å². The molecule has 1 saturated carbocycles. The Hall–Kier alpha value is 0. The summed E-state index contributed by atoms with van der Waals surface area (Å²) in [6.07, 6.45) is 17.6. The third-order valence-electron chi connectivity index (χ3n) is 5.52. The van der Waals surface area contributed by atoms with Crippen LogP contribution in [0.2, 0.25) is 0 Å². The van der Waals surface area contributed by atoms with Crippen molar-refractivity contribution in [1.29, 1.82) is 0 Å². The van der Waals surface area contributed by atoms with Gasteiger partial charge in [0.05, 0.1) is 0 Å². The standard InChI is InChI=1S/C18H36/c1-17(2,3)18(4)15-13-11-9-7-5-6-8-10-12-14-16-18/h5-16H2,1-4H3. The largest absolute Gasteiger partial charge is 0.0597 e. The minimum atomic E-state index is 0.465. The summed E-state index contributed by atoms with van der Waals surface area (Å²) in [5.74, 6) is 0. The maximum absolute atomic E-state index is 2.55. The van der Waals surface area contributed by atoms with Crippen LogP contribution in [0.5, 0.6) is 0 Å². The van der Waals surface area contributed by atoms with Crippen LogP contribution in [0.3, 0.4) is 0 Å². The molecule has 0 heteroatoms. The van der Waals surface area contributed by atoms with E-state index in [1.54, 1.807) is 0 Å². The molecule has 0 amide bonds. The molecular weight excluding hydrogens is 216 g/mol. The molecule has 0 spiro atoms. The van der Waals surface area contributed by atoms with Crippen LogP contribution < -0.4 is 0 Å². The van der Waals surface area contributed by atoms with Gasteiger partial charge in [0.1, 0.15) is 0 Å². The zero-order valence-corrected chi connectivity index (χ0v) is 13.5. The first kappa shape index (κ1) is 16.1. The van der Waals surface area contributed by atoms with E-state index >= 15 is 0 Å². The van der Waals surface area contributed by atoms with Gasteiger partial charge in [0.15, 0.2) is 0 Å². The Morgan fingerprint density at radius 1 is 0.556 bits per heavy atom. The van der Waals surface area contributed by atoms with Crippen LogP contribution in [0.15, 0.2) is 0 Å². The van der Waals surface area contributed by atoms with Crippen molar-refractivity contribution in [3.05, 3.63) is 0 Å². The van der Waals surface area contributed by atoms with Gasteiger partial charge in [-0.1, -0.05) is 91.9 Å². The van der Waals surface area contributed by atoms with Gasteiger partial charge in [0.25, 0.3) is 0 Å². The minimum absolute atomic E-state index is 0.465. The lowest BCUT2D eigenvalue weighted by Crippen LogP contribution is -2.32. The van der Waals surface area contributed by atoms with Crippen LogP contribution in [0.4, 0.5) is 0 Å². The van der Waals surface area contributed by atoms with Gasteiger partial charge < -0.3 is 0 Å². The summed E-state index contributed by atoms with van der Waals surface area (Å²) < 4.78 is 0. The molecule has 0 atom stereocenters. The SMILES string of the molecule is CC(C)(C)C1(C)CCCCCCCCCCCC1. The lowest BCUT2D eigenvalue weighted by atomic mass is 9.63. The molecule has 1 fully saturated rings. The average molecular weight is 252 g/mol. The molecule has 1 aliphatic carbocycles. The van der Waals surface area contributed by atoms with Crippen molar-refractivity contribution in [2.24, 2.45) is 10.8 Å². The van der Waals surface area contributed by atoms with Crippen molar-refractivity contribution in [2.45, 2.75) is 105 Å². The van der Waals surface area contributed by atoms with Gasteiger partial charge in [-0.2, -0.15) is 0 Å². The molecule has 0 aromatic rings. The van der Waals surface area contributed by atoms with Gasteiger partial charge >= 0.3 is 0 Å². The molecular formula is C18H36. The molecule has 0 aromatic heterocycles. The second kappa shape index (κ2) is 7.56. The first-order chi connectivity index (χ1) is 8.46. The smallest absolute Gasteiger partial charge is 0.0277 e. The zero-order valence-electron chi connectivity index (χ0n) is 13.5. The summed E-state index contributed by atoms with van der Waals surface area (Å²) in [4.78, 5) is 0. The highest BCUT2D eigenvalue weighted by atomic mass is 14.4. The van der Waals surface area contributed by atoms with Gasteiger partial charge in [0, 0.05) is 0 Å². The van der Waals surface area contributed by atoms with Gasteiger partial charge in [-0.05, 0) is 23.7 Å². The lowest BCUT2D eigenvalue weighted by molar-refractivity contribution is 0.0778. The summed E-state index contributed by atoms with van der Waals surface area (Å²) in [5, 5.41) is 0. The van der Waals surface area contributed by atoms with Crippen LogP contribution in [0, 0.1) is 10.8 Å². The Morgan fingerprint density at radius 3 is 1.11 bits per heavy atom. The third kappa shape index (κ3) is 5.33. The molecule has 0 aliphatic heterocycles. The molecule has 18 heavy (non-hydrogen) atoms. The number of hydrogen-bond donors (Lipinski definition) is 0. The second-order valence-electron chi connectivity index (χ2n) is 7.85. The van der Waals surface area contributed by atoms with Crippen LogP contribution in [0.25, 0.3) is 0 Å². The first-order valence-corrected chi connectivity index (χ1v) is 8.46. The highest BCUT2D eigenvalue weighted by molar-refractivity contribution is 4.86. The summed E-state index contributed by atoms with van der Waals surface area (Å²) in [6.45, 7) is 9.90. The Labute approximate surface area is 116 Å². The fourth-order valence-electron chi connectivity index (χ4n) is 3.32. The van der Waals surface area contributed by atoms with E-state index in [0.29, 0.717) is 10.8 Å². The molecule has 0 nitrogen and oxygen atoms in total. The monoisotopic (exact) mass is 252 g/mol. The van der Waals surface area contributed by atoms with Crippen molar-refractivity contribution in [3.8, 4) is 0 Å². The molecule has 1 rings (SSSR count). The lowest BCUT2D eigenvalue weighted by Gasteiger charge is -2.43. The molecule has 108 valence electrons. The quantitative estimate of drug-likeness (QED) is 0.448. The van der Waals surface area contributed by atoms with E-state index in [-0.39, 0.29) is 0 Å². The van der Waals surface area contributed by atoms with E-state index in [1.165, 1.54) is 77.0 Å². The fraction of sp³-hybridized carbons (Fsp3) is 1.00. The van der Waals surface area contributed by atoms with E-state index in [4.69, 9.17) is 0 Å². The molecule has 0 saturated heterocycles. The van der Waals surface area contributed by atoms with Crippen molar-refractivity contribution in [1.82, 2.24) is 0 Å². The van der Waals surface area contributed by atoms with Crippen LogP contribution >= 0.6 is 0 Å². The number of hydrogen-bond acceptors (Lipinski definition) is 0. The minimum Gasteiger partial charge on any atom is -0.0597 e. The Bertz CT molecular complexity index is 195. The highest BCUT2D eigenvalue weighted by Crippen LogP contribution is 2.46. The molecule has 0 unspecified atom stereocenters. The molecule has 0 N–H and O–H groups in total. The van der Waals surface area contributed by atoms with Crippen molar-refractivity contribution in [3.63, 3.8) is 0 Å². The predicted octanol–water partition coefficient (Wildman–Crippen LogP) is 6.73. The van der Waals surface area contributed by atoms with Crippen molar-refractivity contribution >= 4 is 0 Å². The Morgan fingerprint density at radius 2 is 0.833 bits per heavy atom. The molecule has 0 aromatic carbocycles. The fourth-order valence-corrected chi connectivity index (χ4v) is 3.32. The maximum atomic E-state index is 2.55. The van der Waals surface area contributed by atoms with E-state index in [0.717, 1.165) is 0 Å². The zero-order chi connectivity index (χ0) is 13.5. The van der Waals surface area contributed by atoms with Crippen LogP contribution in [-0.2, 0) is 0 Å². The first-order valence-electron chi connectivity index (χ1n) is 8.46. The van der Waals surface area contributed by atoms with E-state index in [1.807, 2.05) is 0 Å². The van der Waals surface area contributed by atoms with E-state index in [9.17, 15) is 0 Å². The van der Waals surface area contributed by atoms with Gasteiger partial charge in [0.2, 0.25) is 0 Å². The summed E-state index contributed by atoms with van der Waals surface area (Å²) in [5.41, 5.74) is 1.02. The number of rotatable bonds is 0. The topological polar surface area (TPSA) is 0 Å². The highest BCUT2D eigenvalue weighted by Gasteiger charge is 2.35. The average Bonchev–Trinajstić information content (AvgIpc) is 2.30. The normalized spacial score (nSPS) is 24.7. The molecule has 0 heterocycles. The van der Waals surface area contributed by atoms with E-state index < -0.39 is 0 Å². The molecule has 1 aliphatic rings. The van der Waals surface area contributed by atoms with Crippen LogP contribution in [0.1, 0.15) is 105 Å². The predicted molar refractivity (Wildman–Crippen MR) is 83.0 cm³/mol. The molecule has 0 radical (unpaired) electrons. The van der Waals surface area contributed by atoms with Gasteiger partial charge in [-0.25, -0.2) is 0 Å². The summed E-state index contributed by atoms with van der Waals surface area (Å²) in [7, 11) is 0. The Balaban J connectivity index is 2.53. The van der Waals surface area contributed by atoms with E-state index in [2.05, 4.69) is 27.7 Å².